The summed E-state index contributed by atoms with van der Waals surface area (Å²) in [6.07, 6.45) is 4.36. The zero-order chi connectivity index (χ0) is 14.1. The highest BCUT2D eigenvalue weighted by atomic mass is 35.5. The van der Waals surface area contributed by atoms with Gasteiger partial charge in [-0.2, -0.15) is 0 Å². The van der Waals surface area contributed by atoms with Gasteiger partial charge in [-0.05, 0) is 45.0 Å². The van der Waals surface area contributed by atoms with Gasteiger partial charge >= 0.3 is 0 Å². The van der Waals surface area contributed by atoms with E-state index in [1.165, 1.54) is 19.4 Å². The largest absolute Gasteiger partial charge is 0.310 e. The summed E-state index contributed by atoms with van der Waals surface area (Å²) in [6, 6.07) is 4.51. The van der Waals surface area contributed by atoms with Gasteiger partial charge in [0.05, 0.1) is 5.38 Å². The quantitative estimate of drug-likeness (QED) is 0.812. The molecule has 2 atom stereocenters. The van der Waals surface area contributed by atoms with Crippen molar-refractivity contribution in [3.8, 4) is 0 Å². The fraction of sp³-hybridized carbons (Fsp3) is 0.600. The molecule has 5 heteroatoms. The molecule has 0 saturated carbocycles. The van der Waals surface area contributed by atoms with E-state index in [0.717, 1.165) is 30.1 Å². The van der Waals surface area contributed by atoms with Gasteiger partial charge in [-0.3, -0.25) is 4.90 Å². The maximum atomic E-state index is 6.31. The van der Waals surface area contributed by atoms with Crippen LogP contribution < -0.4 is 0 Å². The summed E-state index contributed by atoms with van der Waals surface area (Å²) < 4.78 is 2.21. The fourth-order valence-electron chi connectivity index (χ4n) is 3.19. The third-order valence-corrected chi connectivity index (χ3v) is 4.38. The molecule has 2 unspecified atom stereocenters. The number of imidazole rings is 1. The van der Waals surface area contributed by atoms with Crippen molar-refractivity contribution >= 4 is 22.8 Å². The average molecular weight is 293 g/mol. The van der Waals surface area contributed by atoms with Gasteiger partial charge < -0.3 is 4.57 Å². The Morgan fingerprint density at radius 3 is 3.10 bits per heavy atom. The van der Waals surface area contributed by atoms with Crippen LogP contribution in [0.5, 0.6) is 0 Å². The first-order valence-electron chi connectivity index (χ1n) is 7.40. The van der Waals surface area contributed by atoms with Gasteiger partial charge in [-0.15, -0.1) is 11.6 Å². The standard InChI is InChI=1S/C15H21ClN4/c1-3-19-9-5-6-12(19)10-20-14(11(2)16)18-13-7-4-8-17-15(13)20/h4,7-8,11-12H,3,5-6,9-10H2,1-2H3. The van der Waals surface area contributed by atoms with Gasteiger partial charge in [-0.1, -0.05) is 6.92 Å². The van der Waals surface area contributed by atoms with Crippen LogP contribution in [-0.2, 0) is 6.54 Å². The zero-order valence-electron chi connectivity index (χ0n) is 12.1. The van der Waals surface area contributed by atoms with Crippen molar-refractivity contribution in [2.24, 2.45) is 0 Å². The zero-order valence-corrected chi connectivity index (χ0v) is 12.8. The van der Waals surface area contributed by atoms with Crippen molar-refractivity contribution in [2.45, 2.75) is 44.7 Å². The van der Waals surface area contributed by atoms with Crippen LogP contribution >= 0.6 is 11.6 Å². The molecule has 1 aliphatic rings. The molecular formula is C15H21ClN4. The molecule has 3 heterocycles. The second-order valence-corrected chi connectivity index (χ2v) is 6.12. The maximum absolute atomic E-state index is 6.31. The number of halogens is 1. The van der Waals surface area contributed by atoms with Crippen LogP contribution in [-0.4, -0.2) is 38.6 Å². The lowest BCUT2D eigenvalue weighted by molar-refractivity contribution is 0.244. The molecule has 2 aromatic heterocycles. The van der Waals surface area contributed by atoms with Gasteiger partial charge in [0.1, 0.15) is 11.3 Å². The third kappa shape index (κ3) is 2.42. The van der Waals surface area contributed by atoms with Crippen LogP contribution in [0.1, 0.15) is 37.9 Å². The molecule has 20 heavy (non-hydrogen) atoms. The molecule has 108 valence electrons. The van der Waals surface area contributed by atoms with E-state index < -0.39 is 0 Å². The average Bonchev–Trinajstić information content (AvgIpc) is 3.04. The number of fused-ring (bicyclic) bond motifs is 1. The second-order valence-electron chi connectivity index (χ2n) is 5.47. The summed E-state index contributed by atoms with van der Waals surface area (Å²) in [7, 11) is 0. The number of rotatable bonds is 4. The van der Waals surface area contributed by atoms with E-state index in [9.17, 15) is 0 Å². The molecule has 1 saturated heterocycles. The Bertz CT molecular complexity index is 593. The summed E-state index contributed by atoms with van der Waals surface area (Å²) in [5.74, 6) is 0.934. The summed E-state index contributed by atoms with van der Waals surface area (Å²) in [5.41, 5.74) is 1.90. The van der Waals surface area contributed by atoms with Gasteiger partial charge in [-0.25, -0.2) is 9.97 Å². The lowest BCUT2D eigenvalue weighted by atomic mass is 10.2. The Balaban J connectivity index is 1.98. The van der Waals surface area contributed by atoms with E-state index in [1.807, 2.05) is 25.3 Å². The molecule has 0 bridgehead atoms. The Morgan fingerprint density at radius 1 is 1.50 bits per heavy atom. The first kappa shape index (κ1) is 13.8. The topological polar surface area (TPSA) is 34.0 Å². The number of likely N-dealkylation sites (tertiary alicyclic amines) is 1. The van der Waals surface area contributed by atoms with Gasteiger partial charge in [0.15, 0.2) is 5.65 Å². The minimum atomic E-state index is -0.0966. The predicted octanol–water partition coefficient (Wildman–Crippen LogP) is 3.22. The smallest absolute Gasteiger partial charge is 0.160 e. The molecule has 0 aromatic carbocycles. The SMILES string of the molecule is CCN1CCCC1Cn1c(C(C)Cl)nc2cccnc21. The van der Waals surface area contributed by atoms with E-state index >= 15 is 0 Å². The molecule has 2 aromatic rings. The van der Waals surface area contributed by atoms with Crippen molar-refractivity contribution in [2.75, 3.05) is 13.1 Å². The number of nitrogens with zero attached hydrogens (tertiary/aromatic N) is 4. The van der Waals surface area contributed by atoms with Crippen LogP contribution in [0.2, 0.25) is 0 Å². The molecule has 1 aliphatic heterocycles. The van der Waals surface area contributed by atoms with Crippen LogP contribution in [0, 0.1) is 0 Å². The van der Waals surface area contributed by atoms with E-state index in [4.69, 9.17) is 11.6 Å². The molecule has 1 fully saturated rings. The summed E-state index contributed by atoms with van der Waals surface area (Å²) in [5, 5.41) is -0.0966. The Hall–Kier alpha value is -1.13. The van der Waals surface area contributed by atoms with Crippen molar-refractivity contribution in [1.29, 1.82) is 0 Å². The Labute approximate surface area is 124 Å². The van der Waals surface area contributed by atoms with E-state index in [-0.39, 0.29) is 5.38 Å². The summed E-state index contributed by atoms with van der Waals surface area (Å²) >= 11 is 6.31. The molecule has 3 rings (SSSR count). The molecule has 0 N–H and O–H groups in total. The minimum absolute atomic E-state index is 0.0966. The van der Waals surface area contributed by atoms with Crippen molar-refractivity contribution in [3.05, 3.63) is 24.2 Å². The fourth-order valence-corrected chi connectivity index (χ4v) is 3.36. The number of hydrogen-bond donors (Lipinski definition) is 0. The lowest BCUT2D eigenvalue weighted by Gasteiger charge is -2.24. The van der Waals surface area contributed by atoms with Crippen molar-refractivity contribution in [1.82, 2.24) is 19.4 Å². The van der Waals surface area contributed by atoms with Crippen LogP contribution in [0.25, 0.3) is 11.2 Å². The van der Waals surface area contributed by atoms with Gasteiger partial charge in [0, 0.05) is 18.8 Å². The number of alkyl halides is 1. The van der Waals surface area contributed by atoms with E-state index in [2.05, 4.69) is 26.4 Å². The van der Waals surface area contributed by atoms with Crippen LogP contribution in [0.3, 0.4) is 0 Å². The Kier molecular flexibility index (Phi) is 3.94. The predicted molar refractivity (Wildman–Crippen MR) is 82.1 cm³/mol. The number of aromatic nitrogens is 3. The van der Waals surface area contributed by atoms with Crippen molar-refractivity contribution < 1.29 is 0 Å². The van der Waals surface area contributed by atoms with Crippen LogP contribution in [0.15, 0.2) is 18.3 Å². The Morgan fingerprint density at radius 2 is 2.35 bits per heavy atom. The number of pyridine rings is 1. The molecule has 0 aliphatic carbocycles. The molecule has 0 amide bonds. The van der Waals surface area contributed by atoms with Gasteiger partial charge in [0.2, 0.25) is 0 Å². The minimum Gasteiger partial charge on any atom is -0.310 e. The lowest BCUT2D eigenvalue weighted by Crippen LogP contribution is -2.33. The molecule has 0 spiro atoms. The van der Waals surface area contributed by atoms with E-state index in [1.54, 1.807) is 0 Å². The second kappa shape index (κ2) is 5.70. The van der Waals surface area contributed by atoms with Crippen LogP contribution in [0.4, 0.5) is 0 Å². The highest BCUT2D eigenvalue weighted by Crippen LogP contribution is 2.26. The van der Waals surface area contributed by atoms with Crippen molar-refractivity contribution in [3.63, 3.8) is 0 Å². The van der Waals surface area contributed by atoms with Gasteiger partial charge in [0.25, 0.3) is 0 Å². The first-order valence-corrected chi connectivity index (χ1v) is 7.83. The summed E-state index contributed by atoms with van der Waals surface area (Å²) in [6.45, 7) is 7.45. The first-order chi connectivity index (χ1) is 9.70. The highest BCUT2D eigenvalue weighted by molar-refractivity contribution is 6.20. The third-order valence-electron chi connectivity index (χ3n) is 4.19. The van der Waals surface area contributed by atoms with E-state index in [0.29, 0.717) is 6.04 Å². The molecular weight excluding hydrogens is 272 g/mol. The maximum Gasteiger partial charge on any atom is 0.160 e. The molecule has 0 radical (unpaired) electrons. The highest BCUT2D eigenvalue weighted by Gasteiger charge is 2.26. The molecule has 4 nitrogen and oxygen atoms in total. The summed E-state index contributed by atoms with van der Waals surface area (Å²) in [4.78, 5) is 11.7. The normalized spacial score (nSPS) is 21.6. The monoisotopic (exact) mass is 292 g/mol. The number of likely N-dealkylation sites (N-methyl/N-ethyl adjacent to an activating group) is 1. The number of hydrogen-bond acceptors (Lipinski definition) is 3.